The zero-order valence-corrected chi connectivity index (χ0v) is 34.7. The van der Waals surface area contributed by atoms with Gasteiger partial charge in [-0.1, -0.05) is 113 Å². The van der Waals surface area contributed by atoms with Crippen LogP contribution >= 0.6 is 0 Å². The molecule has 3 aromatic carbocycles. The molecule has 3 N–H and O–H groups in total. The smallest absolute Gasteiger partial charge is 0.129 e. The van der Waals surface area contributed by atoms with E-state index in [1.54, 1.807) is 0 Å². The Morgan fingerprint density at radius 2 is 0.653 bits per heavy atom. The zero-order chi connectivity index (χ0) is 35.8. The Labute approximate surface area is 302 Å². The summed E-state index contributed by atoms with van der Waals surface area (Å²) in [7, 11) is -4.09. The van der Waals surface area contributed by atoms with Gasteiger partial charge in [0.1, 0.15) is 24.2 Å². The molecule has 0 aliphatic carbocycles. The van der Waals surface area contributed by atoms with Crippen molar-refractivity contribution in [3.05, 3.63) is 106 Å². The number of hydrogen-bond acceptors (Lipinski definition) is 4. The van der Waals surface area contributed by atoms with Crippen molar-refractivity contribution in [1.29, 1.82) is 0 Å². The van der Waals surface area contributed by atoms with Crippen molar-refractivity contribution in [2.24, 2.45) is 0 Å². The van der Waals surface area contributed by atoms with Gasteiger partial charge in [0.2, 0.25) is 0 Å². The predicted octanol–water partition coefficient (Wildman–Crippen LogP) is 7.34. The molecule has 0 atom stereocenters. The van der Waals surface area contributed by atoms with E-state index < -0.39 is 24.2 Å². The van der Waals surface area contributed by atoms with E-state index in [4.69, 9.17) is 0 Å². The third-order valence-electron chi connectivity index (χ3n) is 7.41. The molecule has 0 bridgehead atoms. The van der Waals surface area contributed by atoms with Gasteiger partial charge in [0.25, 0.3) is 0 Å². The minimum atomic E-state index is -1.36. The minimum Gasteiger partial charge on any atom is -0.311 e. The first-order chi connectivity index (χ1) is 23.1. The lowest BCUT2D eigenvalue weighted by molar-refractivity contribution is 0.271. The number of nitrogens with zero attached hydrogens (tertiary/aromatic N) is 1. The summed E-state index contributed by atoms with van der Waals surface area (Å²) in [4.78, 5) is 2.55. The molecule has 0 heterocycles. The number of hydrogen-bond donors (Lipinski definition) is 3. The molecule has 49 heavy (non-hydrogen) atoms. The van der Waals surface area contributed by atoms with Crippen molar-refractivity contribution in [1.82, 2.24) is 20.9 Å². The third kappa shape index (κ3) is 19.0. The number of benzene rings is 3. The van der Waals surface area contributed by atoms with Gasteiger partial charge in [0, 0.05) is 75.6 Å². The van der Waals surface area contributed by atoms with Gasteiger partial charge in [-0.25, -0.2) is 0 Å². The van der Waals surface area contributed by atoms with Crippen molar-refractivity contribution in [2.45, 2.75) is 78.6 Å². The average Bonchev–Trinajstić information content (AvgIpc) is 3.04. The van der Waals surface area contributed by atoms with Crippen LogP contribution in [0.25, 0.3) is 0 Å². The van der Waals surface area contributed by atoms with Gasteiger partial charge in [-0.05, 0) is 53.1 Å². The first-order valence-electron chi connectivity index (χ1n) is 17.8. The first kappa shape index (κ1) is 40.3. The van der Waals surface area contributed by atoms with Gasteiger partial charge in [-0.15, -0.1) is 16.6 Å². The van der Waals surface area contributed by atoms with Crippen molar-refractivity contribution in [2.75, 3.05) is 39.3 Å². The number of rotatable bonds is 15. The van der Waals surface area contributed by atoms with Gasteiger partial charge in [-0.2, -0.15) is 0 Å². The lowest BCUT2D eigenvalue weighted by Crippen LogP contribution is -2.40. The molecule has 0 saturated heterocycles. The number of nitrogens with one attached hydrogen (secondary N) is 3. The fourth-order valence-electron chi connectivity index (χ4n) is 4.64. The Balaban J connectivity index is 1.47. The molecule has 0 aliphatic heterocycles. The molecule has 0 saturated carbocycles. The molecule has 0 aromatic heterocycles. The lowest BCUT2D eigenvalue weighted by atomic mass is 10.1. The molecular weight excluding hydrogens is 645 g/mol. The molecular formula is C42H60N4Si3. The highest BCUT2D eigenvalue weighted by Gasteiger charge is 2.09. The molecule has 0 fully saturated rings. The monoisotopic (exact) mass is 704 g/mol. The van der Waals surface area contributed by atoms with Gasteiger partial charge in [0.05, 0.1) is 0 Å². The van der Waals surface area contributed by atoms with E-state index in [1.807, 2.05) is 0 Å². The lowest BCUT2D eigenvalue weighted by Gasteiger charge is -2.23. The van der Waals surface area contributed by atoms with Crippen molar-refractivity contribution >= 4 is 24.2 Å². The van der Waals surface area contributed by atoms with Gasteiger partial charge in [-0.3, -0.25) is 4.90 Å². The van der Waals surface area contributed by atoms with Crippen LogP contribution in [0.3, 0.4) is 0 Å². The zero-order valence-electron chi connectivity index (χ0n) is 31.7. The summed E-state index contributed by atoms with van der Waals surface area (Å²) in [5.74, 6) is 10.1. The third-order valence-corrected chi connectivity index (χ3v) is 10.0. The topological polar surface area (TPSA) is 39.3 Å². The SMILES string of the molecule is C[Si](C)(C)C#Cc1ccc(CNCCN(CCNCc2ccc(C#C[Si](C)(C)C)cc2)CCNCc2ccc(C#C[Si](C)(C)C)cc2)cc1. The molecule has 0 spiro atoms. The Hall–Kier alpha value is -3.17. The maximum Gasteiger partial charge on any atom is 0.129 e. The summed E-state index contributed by atoms with van der Waals surface area (Å²) in [6, 6.07) is 26.1. The molecule has 7 heteroatoms. The minimum absolute atomic E-state index is 0.864. The Morgan fingerprint density at radius 1 is 0.408 bits per heavy atom. The molecule has 0 radical (unpaired) electrons. The summed E-state index contributed by atoms with van der Waals surface area (Å²) < 4.78 is 0. The highest BCUT2D eigenvalue weighted by atomic mass is 28.3. The van der Waals surface area contributed by atoms with Crippen LogP contribution in [0.5, 0.6) is 0 Å². The maximum absolute atomic E-state index is 3.66. The van der Waals surface area contributed by atoms with Crippen LogP contribution in [0.15, 0.2) is 72.8 Å². The Bertz CT molecular complexity index is 1410. The summed E-state index contributed by atoms with van der Waals surface area (Å²) in [6.07, 6.45) is 0. The highest BCUT2D eigenvalue weighted by Crippen LogP contribution is 2.07. The fourth-order valence-corrected chi connectivity index (χ4v) is 6.20. The van der Waals surface area contributed by atoms with E-state index in [0.717, 1.165) is 75.6 Å². The summed E-state index contributed by atoms with van der Waals surface area (Å²) in [6.45, 7) is 28.9. The van der Waals surface area contributed by atoms with Gasteiger partial charge >= 0.3 is 0 Å². The summed E-state index contributed by atoms with van der Waals surface area (Å²) >= 11 is 0. The molecule has 0 amide bonds. The van der Waals surface area contributed by atoms with Crippen LogP contribution in [-0.4, -0.2) is 68.4 Å². The molecule has 0 aliphatic rings. The van der Waals surface area contributed by atoms with E-state index in [9.17, 15) is 0 Å². The molecule has 260 valence electrons. The molecule has 0 unspecified atom stereocenters. The van der Waals surface area contributed by atoms with Crippen LogP contribution in [0.2, 0.25) is 58.9 Å². The largest absolute Gasteiger partial charge is 0.311 e. The second-order valence-electron chi connectivity index (χ2n) is 16.0. The van der Waals surface area contributed by atoms with E-state index >= 15 is 0 Å². The summed E-state index contributed by atoms with van der Waals surface area (Å²) in [5.41, 5.74) is 17.6. The van der Waals surface area contributed by atoms with E-state index in [-0.39, 0.29) is 0 Å². The van der Waals surface area contributed by atoms with Crippen LogP contribution in [0, 0.1) is 34.4 Å². The summed E-state index contributed by atoms with van der Waals surface area (Å²) in [5, 5.41) is 11.0. The highest BCUT2D eigenvalue weighted by molar-refractivity contribution is 6.84. The van der Waals surface area contributed by atoms with Crippen molar-refractivity contribution < 1.29 is 0 Å². The molecule has 3 rings (SSSR count). The van der Waals surface area contributed by atoms with Crippen molar-refractivity contribution in [3.8, 4) is 34.4 Å². The van der Waals surface area contributed by atoms with E-state index in [1.165, 1.54) is 16.7 Å². The van der Waals surface area contributed by atoms with Crippen LogP contribution in [0.1, 0.15) is 33.4 Å². The standard InChI is InChI=1S/C42H60N4Si3/c1-47(2,3)31-22-37-10-16-40(17-11-37)34-43-25-28-46(29-26-44-35-41-18-12-38(13-19-41)23-32-48(4,5)6)30-27-45-36-42-20-14-39(15-21-42)24-33-49(7,8)9/h10-21,43-45H,25-30,34-36H2,1-9H3. The second kappa shape index (κ2) is 19.9. The normalized spacial score (nSPS) is 11.6. The molecule has 3 aromatic rings. The van der Waals surface area contributed by atoms with Crippen LogP contribution in [-0.2, 0) is 19.6 Å². The van der Waals surface area contributed by atoms with Crippen molar-refractivity contribution in [3.63, 3.8) is 0 Å². The fraction of sp³-hybridized carbons (Fsp3) is 0.429. The quantitative estimate of drug-likeness (QED) is 0.0880. The molecule has 4 nitrogen and oxygen atoms in total. The Morgan fingerprint density at radius 3 is 0.878 bits per heavy atom. The van der Waals surface area contributed by atoms with E-state index in [2.05, 4.69) is 187 Å². The first-order valence-corrected chi connectivity index (χ1v) is 28.3. The predicted molar refractivity (Wildman–Crippen MR) is 222 cm³/mol. The van der Waals surface area contributed by atoms with Crippen LogP contribution in [0.4, 0.5) is 0 Å². The van der Waals surface area contributed by atoms with Gasteiger partial charge < -0.3 is 16.0 Å². The van der Waals surface area contributed by atoms with E-state index in [0.29, 0.717) is 0 Å². The van der Waals surface area contributed by atoms with Gasteiger partial charge in [0.15, 0.2) is 0 Å². The van der Waals surface area contributed by atoms with Crippen LogP contribution < -0.4 is 16.0 Å². The average molecular weight is 705 g/mol. The second-order valence-corrected chi connectivity index (χ2v) is 30.2. The Kier molecular flexibility index (Phi) is 16.3. The maximum atomic E-state index is 3.66.